The van der Waals surface area contributed by atoms with E-state index in [4.69, 9.17) is 9.72 Å². The van der Waals surface area contributed by atoms with Gasteiger partial charge in [-0.2, -0.15) is 0 Å². The number of non-ortho nitro benzene ring substituents is 1. The van der Waals surface area contributed by atoms with Crippen molar-refractivity contribution in [3.05, 3.63) is 105 Å². The van der Waals surface area contributed by atoms with Gasteiger partial charge in [0.2, 0.25) is 0 Å². The smallest absolute Gasteiger partial charge is 0.269 e. The Labute approximate surface area is 187 Å². The summed E-state index contributed by atoms with van der Waals surface area (Å²) in [5.41, 5.74) is 2.61. The monoisotopic (exact) mass is 438 g/mol. The van der Waals surface area contributed by atoms with Crippen LogP contribution in [0.2, 0.25) is 0 Å². The Bertz CT molecular complexity index is 1600. The van der Waals surface area contributed by atoms with Crippen molar-refractivity contribution < 1.29 is 9.66 Å². The van der Waals surface area contributed by atoms with E-state index >= 15 is 0 Å². The van der Waals surface area contributed by atoms with Crippen LogP contribution in [0.5, 0.6) is 5.75 Å². The van der Waals surface area contributed by atoms with E-state index in [1.165, 1.54) is 16.7 Å². The van der Waals surface area contributed by atoms with E-state index in [2.05, 4.69) is 4.98 Å². The Balaban J connectivity index is 1.68. The third-order valence-electron chi connectivity index (χ3n) is 5.45. The van der Waals surface area contributed by atoms with Crippen LogP contribution in [-0.2, 0) is 0 Å². The van der Waals surface area contributed by atoms with Crippen molar-refractivity contribution in [3.8, 4) is 11.4 Å². The van der Waals surface area contributed by atoms with Gasteiger partial charge < -0.3 is 9.72 Å². The summed E-state index contributed by atoms with van der Waals surface area (Å²) in [6.45, 7) is 0. The number of fused-ring (bicyclic) bond motifs is 2. The van der Waals surface area contributed by atoms with Crippen LogP contribution in [-0.4, -0.2) is 26.6 Å². The SMILES string of the molecule is COc1ccc2[nH]cc(/C=C/c3nc4ccccc4c(=O)n3-c3ccc([N+](=O)[O-])cc3)c2c1. The molecular weight excluding hydrogens is 420 g/mol. The number of nitrogens with zero attached hydrogens (tertiary/aromatic N) is 3. The third kappa shape index (κ3) is 3.63. The highest BCUT2D eigenvalue weighted by atomic mass is 16.6. The van der Waals surface area contributed by atoms with Crippen molar-refractivity contribution >= 4 is 39.6 Å². The number of methoxy groups -OCH3 is 1. The molecule has 0 saturated carbocycles. The Morgan fingerprint density at radius 3 is 2.58 bits per heavy atom. The number of aromatic nitrogens is 3. The van der Waals surface area contributed by atoms with Crippen molar-refractivity contribution in [2.24, 2.45) is 0 Å². The van der Waals surface area contributed by atoms with Crippen LogP contribution >= 0.6 is 0 Å². The average Bonchev–Trinajstić information content (AvgIpc) is 3.25. The summed E-state index contributed by atoms with van der Waals surface area (Å²) >= 11 is 0. The quantitative estimate of drug-likeness (QED) is 0.309. The molecule has 0 aliphatic heterocycles. The predicted molar refractivity (Wildman–Crippen MR) is 128 cm³/mol. The van der Waals surface area contributed by atoms with E-state index < -0.39 is 4.92 Å². The second-order valence-corrected chi connectivity index (χ2v) is 7.39. The molecule has 8 nitrogen and oxygen atoms in total. The maximum absolute atomic E-state index is 13.4. The van der Waals surface area contributed by atoms with Crippen LogP contribution in [0, 0.1) is 10.1 Å². The molecule has 2 aromatic heterocycles. The minimum atomic E-state index is -0.475. The van der Waals surface area contributed by atoms with Crippen LogP contribution in [0.1, 0.15) is 11.4 Å². The highest BCUT2D eigenvalue weighted by Gasteiger charge is 2.13. The summed E-state index contributed by atoms with van der Waals surface area (Å²) in [5.74, 6) is 1.15. The van der Waals surface area contributed by atoms with Gasteiger partial charge in [-0.25, -0.2) is 4.98 Å². The van der Waals surface area contributed by atoms with Crippen LogP contribution in [0.15, 0.2) is 77.7 Å². The van der Waals surface area contributed by atoms with E-state index in [0.29, 0.717) is 22.4 Å². The lowest BCUT2D eigenvalue weighted by Gasteiger charge is -2.11. The lowest BCUT2D eigenvalue weighted by atomic mass is 10.1. The van der Waals surface area contributed by atoms with Gasteiger partial charge in [-0.15, -0.1) is 0 Å². The molecule has 1 N–H and O–H groups in total. The number of para-hydroxylation sites is 1. The van der Waals surface area contributed by atoms with Crippen molar-refractivity contribution in [2.45, 2.75) is 0 Å². The fourth-order valence-corrected chi connectivity index (χ4v) is 3.79. The van der Waals surface area contributed by atoms with Crippen molar-refractivity contribution in [2.75, 3.05) is 7.11 Å². The van der Waals surface area contributed by atoms with Gasteiger partial charge in [0.05, 0.1) is 28.6 Å². The van der Waals surface area contributed by atoms with E-state index in [9.17, 15) is 14.9 Å². The Hall–Kier alpha value is -4.72. The van der Waals surface area contributed by atoms with Gasteiger partial charge in [0.1, 0.15) is 11.6 Å². The van der Waals surface area contributed by atoms with Crippen LogP contribution in [0.3, 0.4) is 0 Å². The van der Waals surface area contributed by atoms with Crippen molar-refractivity contribution in [1.82, 2.24) is 14.5 Å². The first kappa shape index (κ1) is 20.2. The number of hydrogen-bond acceptors (Lipinski definition) is 5. The molecule has 162 valence electrons. The van der Waals surface area contributed by atoms with E-state index in [1.54, 1.807) is 43.5 Å². The average molecular weight is 438 g/mol. The van der Waals surface area contributed by atoms with Crippen LogP contribution in [0.25, 0.3) is 39.6 Å². The number of nitro benzene ring substituents is 1. The minimum absolute atomic E-state index is 0.0506. The number of nitro groups is 1. The topological polar surface area (TPSA) is 103 Å². The van der Waals surface area contributed by atoms with Crippen molar-refractivity contribution in [3.63, 3.8) is 0 Å². The summed E-state index contributed by atoms with van der Waals surface area (Å²) in [5, 5.41) is 12.5. The second-order valence-electron chi connectivity index (χ2n) is 7.39. The van der Waals surface area contributed by atoms with Gasteiger partial charge in [-0.05, 0) is 54.6 Å². The molecule has 0 atom stereocenters. The molecule has 3 aromatic carbocycles. The molecule has 8 heteroatoms. The first-order valence-corrected chi connectivity index (χ1v) is 10.1. The summed E-state index contributed by atoms with van der Waals surface area (Å²) in [7, 11) is 1.62. The normalized spacial score (nSPS) is 11.4. The van der Waals surface area contributed by atoms with Crippen LogP contribution < -0.4 is 10.3 Å². The lowest BCUT2D eigenvalue weighted by molar-refractivity contribution is -0.384. The fraction of sp³-hybridized carbons (Fsp3) is 0.0400. The molecule has 33 heavy (non-hydrogen) atoms. The van der Waals surface area contributed by atoms with Gasteiger partial charge in [0, 0.05) is 34.8 Å². The standard InChI is InChI=1S/C25H18N4O4/c1-33-19-11-12-22-21(14-19)16(15-26-22)6-13-24-27-23-5-3-2-4-20(23)25(30)28(24)17-7-9-18(10-8-17)29(31)32/h2-15,26H,1H3/b13-6+. The van der Waals surface area contributed by atoms with E-state index in [1.807, 2.05) is 36.5 Å². The van der Waals surface area contributed by atoms with Crippen LogP contribution in [0.4, 0.5) is 5.69 Å². The summed E-state index contributed by atoms with van der Waals surface area (Å²) in [6.07, 6.45) is 5.50. The van der Waals surface area contributed by atoms with Crippen molar-refractivity contribution in [1.29, 1.82) is 0 Å². The van der Waals surface area contributed by atoms with Gasteiger partial charge in [-0.3, -0.25) is 19.5 Å². The summed E-state index contributed by atoms with van der Waals surface area (Å²) in [6, 6.07) is 18.7. The predicted octanol–water partition coefficient (Wildman–Crippen LogP) is 4.95. The highest BCUT2D eigenvalue weighted by molar-refractivity contribution is 5.92. The molecule has 0 radical (unpaired) electrons. The molecule has 5 aromatic rings. The molecule has 0 aliphatic rings. The minimum Gasteiger partial charge on any atom is -0.497 e. The van der Waals surface area contributed by atoms with Gasteiger partial charge in [0.25, 0.3) is 11.2 Å². The molecule has 0 bridgehead atoms. The highest BCUT2D eigenvalue weighted by Crippen LogP contribution is 2.25. The fourth-order valence-electron chi connectivity index (χ4n) is 3.79. The molecule has 0 amide bonds. The Kier molecular flexibility index (Phi) is 4.95. The summed E-state index contributed by atoms with van der Waals surface area (Å²) < 4.78 is 6.79. The largest absolute Gasteiger partial charge is 0.497 e. The number of ether oxygens (including phenoxy) is 1. The lowest BCUT2D eigenvalue weighted by Crippen LogP contribution is -2.22. The zero-order chi connectivity index (χ0) is 22.9. The first-order valence-electron chi connectivity index (χ1n) is 10.1. The van der Waals surface area contributed by atoms with E-state index in [0.717, 1.165) is 22.2 Å². The maximum Gasteiger partial charge on any atom is 0.269 e. The number of hydrogen-bond donors (Lipinski definition) is 1. The summed E-state index contributed by atoms with van der Waals surface area (Å²) in [4.78, 5) is 31.8. The third-order valence-corrected chi connectivity index (χ3v) is 5.45. The molecular formula is C25H18N4O4. The molecule has 0 saturated heterocycles. The maximum atomic E-state index is 13.4. The van der Waals surface area contributed by atoms with Gasteiger partial charge >= 0.3 is 0 Å². The molecule has 2 heterocycles. The van der Waals surface area contributed by atoms with Gasteiger partial charge in [-0.1, -0.05) is 12.1 Å². The second kappa shape index (κ2) is 8.08. The molecule has 0 aliphatic carbocycles. The molecule has 0 unspecified atom stereocenters. The number of rotatable bonds is 5. The number of benzene rings is 3. The molecule has 0 fully saturated rings. The number of aromatic amines is 1. The zero-order valence-corrected chi connectivity index (χ0v) is 17.6. The van der Waals surface area contributed by atoms with E-state index in [-0.39, 0.29) is 11.2 Å². The molecule has 0 spiro atoms. The Morgan fingerprint density at radius 2 is 1.82 bits per heavy atom. The zero-order valence-electron chi connectivity index (χ0n) is 17.6. The Morgan fingerprint density at radius 1 is 1.03 bits per heavy atom. The molecule has 5 rings (SSSR count). The first-order chi connectivity index (χ1) is 16.0. The number of H-pyrrole nitrogens is 1. The van der Waals surface area contributed by atoms with Gasteiger partial charge in [0.15, 0.2) is 0 Å². The number of nitrogens with one attached hydrogen (secondary N) is 1.